The molecule has 1 heterocycles. The van der Waals surface area contributed by atoms with Gasteiger partial charge in [0.25, 0.3) is 0 Å². The Kier molecular flexibility index (Phi) is 6.35. The second-order valence-electron chi connectivity index (χ2n) is 4.61. The van der Waals surface area contributed by atoms with Crippen molar-refractivity contribution in [2.45, 2.75) is 53.5 Å². The topological polar surface area (TPSA) is 71.0 Å². The molecule has 0 fully saturated rings. The number of hydrogen-bond donors (Lipinski definition) is 1. The third kappa shape index (κ3) is 3.88. The van der Waals surface area contributed by atoms with Gasteiger partial charge in [0.05, 0.1) is 11.4 Å². The second-order valence-corrected chi connectivity index (χ2v) is 4.61. The Morgan fingerprint density at radius 3 is 2.20 bits per heavy atom. The number of nitrogens with zero attached hydrogens (tertiary/aromatic N) is 4. The van der Waals surface area contributed by atoms with Crippen LogP contribution in [0.5, 0.6) is 0 Å². The Hall–Kier alpha value is -1.72. The molecule has 112 valence electrons. The molecule has 0 aliphatic rings. The Bertz CT molecular complexity index is 445. The molecule has 6 nitrogen and oxygen atoms in total. The highest BCUT2D eigenvalue weighted by Gasteiger charge is 2.19. The van der Waals surface area contributed by atoms with Gasteiger partial charge in [-0.1, -0.05) is 13.8 Å². The minimum Gasteiger partial charge on any atom is -0.341 e. The van der Waals surface area contributed by atoms with Gasteiger partial charge in [-0.05, 0) is 33.6 Å². The first-order chi connectivity index (χ1) is 9.57. The number of carbonyl (C=O) groups excluding carboxylic acids is 1. The van der Waals surface area contributed by atoms with Gasteiger partial charge in [0, 0.05) is 13.1 Å². The maximum Gasteiger partial charge on any atom is 0.244 e. The van der Waals surface area contributed by atoms with Crippen molar-refractivity contribution in [2.75, 3.05) is 18.4 Å². The van der Waals surface area contributed by atoms with E-state index >= 15 is 0 Å². The zero-order valence-electron chi connectivity index (χ0n) is 13.1. The van der Waals surface area contributed by atoms with E-state index < -0.39 is 0 Å². The number of nitrogens with one attached hydrogen (secondary N) is 1. The molecule has 1 atom stereocenters. The van der Waals surface area contributed by atoms with Gasteiger partial charge in [-0.3, -0.25) is 4.79 Å². The molecular weight excluding hydrogens is 254 g/mol. The summed E-state index contributed by atoms with van der Waals surface area (Å²) >= 11 is 0. The van der Waals surface area contributed by atoms with E-state index in [9.17, 15) is 4.79 Å². The van der Waals surface area contributed by atoms with Gasteiger partial charge in [-0.15, -0.1) is 5.10 Å². The van der Waals surface area contributed by atoms with E-state index in [4.69, 9.17) is 0 Å². The summed E-state index contributed by atoms with van der Waals surface area (Å²) in [6.07, 6.45) is 1.63. The van der Waals surface area contributed by atoms with Crippen LogP contribution in [0, 0.1) is 0 Å². The summed E-state index contributed by atoms with van der Waals surface area (Å²) in [5.74, 6) is 0.475. The van der Waals surface area contributed by atoms with Gasteiger partial charge < -0.3 is 10.2 Å². The molecule has 0 aromatic carbocycles. The quantitative estimate of drug-likeness (QED) is 0.822. The Balaban J connectivity index is 2.80. The molecule has 20 heavy (non-hydrogen) atoms. The lowest BCUT2D eigenvalue weighted by Gasteiger charge is -2.23. The van der Waals surface area contributed by atoms with E-state index in [1.165, 1.54) is 0 Å². The minimum atomic E-state index is -0.353. The first-order valence-corrected chi connectivity index (χ1v) is 7.34. The molecule has 1 aromatic heterocycles. The molecule has 0 radical (unpaired) electrons. The molecule has 1 aromatic rings. The number of rotatable bonds is 7. The van der Waals surface area contributed by atoms with Crippen LogP contribution in [-0.2, 0) is 17.6 Å². The summed E-state index contributed by atoms with van der Waals surface area (Å²) in [6.45, 7) is 11.2. The number of likely N-dealkylation sites (N-methyl/N-ethyl adjacent to an activating group) is 1. The van der Waals surface area contributed by atoms with Gasteiger partial charge in [0.15, 0.2) is 0 Å². The van der Waals surface area contributed by atoms with Crippen LogP contribution in [0.2, 0.25) is 0 Å². The third-order valence-corrected chi connectivity index (χ3v) is 3.30. The van der Waals surface area contributed by atoms with Crippen molar-refractivity contribution in [1.29, 1.82) is 0 Å². The number of hydrogen-bond acceptors (Lipinski definition) is 5. The highest BCUT2D eigenvalue weighted by Crippen LogP contribution is 2.08. The predicted octanol–water partition coefficient (Wildman–Crippen LogP) is 1.67. The van der Waals surface area contributed by atoms with Crippen molar-refractivity contribution in [3.05, 3.63) is 11.4 Å². The van der Waals surface area contributed by atoms with Crippen molar-refractivity contribution in [1.82, 2.24) is 20.1 Å². The molecule has 1 rings (SSSR count). The molecule has 0 saturated heterocycles. The van der Waals surface area contributed by atoms with Gasteiger partial charge >= 0.3 is 0 Å². The van der Waals surface area contributed by atoms with Crippen LogP contribution in [0.1, 0.15) is 46.0 Å². The Morgan fingerprint density at radius 1 is 1.10 bits per heavy atom. The van der Waals surface area contributed by atoms with Gasteiger partial charge in [0.2, 0.25) is 11.9 Å². The largest absolute Gasteiger partial charge is 0.341 e. The second kappa shape index (κ2) is 7.77. The molecular formula is C14H25N5O. The fourth-order valence-electron chi connectivity index (χ4n) is 2.06. The average molecular weight is 279 g/mol. The van der Waals surface area contributed by atoms with E-state index in [0.717, 1.165) is 24.2 Å². The fourth-order valence-corrected chi connectivity index (χ4v) is 2.06. The molecule has 0 bridgehead atoms. The first-order valence-electron chi connectivity index (χ1n) is 7.34. The maximum absolute atomic E-state index is 12.2. The zero-order chi connectivity index (χ0) is 15.1. The SMILES string of the molecule is CCc1nnc(NC(C)C(=O)N(CC)CC)nc1CC. The van der Waals surface area contributed by atoms with Crippen LogP contribution < -0.4 is 5.32 Å². The monoisotopic (exact) mass is 279 g/mol. The van der Waals surface area contributed by atoms with Crippen molar-refractivity contribution >= 4 is 11.9 Å². The number of aromatic nitrogens is 3. The maximum atomic E-state index is 12.2. The van der Waals surface area contributed by atoms with Crippen molar-refractivity contribution in [3.63, 3.8) is 0 Å². The van der Waals surface area contributed by atoms with E-state index in [0.29, 0.717) is 19.0 Å². The normalized spacial score (nSPS) is 12.1. The lowest BCUT2D eigenvalue weighted by molar-refractivity contribution is -0.131. The van der Waals surface area contributed by atoms with Crippen LogP contribution >= 0.6 is 0 Å². The third-order valence-electron chi connectivity index (χ3n) is 3.30. The minimum absolute atomic E-state index is 0.0521. The highest BCUT2D eigenvalue weighted by atomic mass is 16.2. The number of amides is 1. The molecule has 0 aliphatic heterocycles. The van der Waals surface area contributed by atoms with E-state index in [2.05, 4.69) is 20.5 Å². The lowest BCUT2D eigenvalue weighted by Crippen LogP contribution is -2.41. The van der Waals surface area contributed by atoms with Crippen molar-refractivity contribution in [2.24, 2.45) is 0 Å². The smallest absolute Gasteiger partial charge is 0.244 e. The van der Waals surface area contributed by atoms with Gasteiger partial charge in [0.1, 0.15) is 6.04 Å². The van der Waals surface area contributed by atoms with Crippen molar-refractivity contribution in [3.8, 4) is 0 Å². The summed E-state index contributed by atoms with van der Waals surface area (Å²) in [6, 6.07) is -0.353. The lowest BCUT2D eigenvalue weighted by atomic mass is 10.2. The molecule has 1 amide bonds. The number of carbonyl (C=O) groups is 1. The average Bonchev–Trinajstić information content (AvgIpc) is 2.48. The summed E-state index contributed by atoms with van der Waals surface area (Å²) < 4.78 is 0. The summed E-state index contributed by atoms with van der Waals surface area (Å²) in [5, 5.41) is 11.3. The van der Waals surface area contributed by atoms with Crippen LogP contribution in [-0.4, -0.2) is 45.1 Å². The summed E-state index contributed by atoms with van der Waals surface area (Å²) in [7, 11) is 0. The highest BCUT2D eigenvalue weighted by molar-refractivity contribution is 5.83. The van der Waals surface area contributed by atoms with Gasteiger partial charge in [-0.25, -0.2) is 4.98 Å². The standard InChI is InChI=1S/C14H25N5O/c1-6-11-12(7-2)17-18-14(16-11)15-10(5)13(20)19(8-3)9-4/h10H,6-9H2,1-5H3,(H,15,16,18). The van der Waals surface area contributed by atoms with Crippen molar-refractivity contribution < 1.29 is 4.79 Å². The number of anilines is 1. The Labute approximate surface area is 121 Å². The molecule has 6 heteroatoms. The molecule has 0 aliphatic carbocycles. The van der Waals surface area contributed by atoms with Crippen LogP contribution in [0.25, 0.3) is 0 Å². The van der Waals surface area contributed by atoms with Crippen LogP contribution in [0.15, 0.2) is 0 Å². The van der Waals surface area contributed by atoms with Crippen LogP contribution in [0.4, 0.5) is 5.95 Å². The van der Waals surface area contributed by atoms with Crippen LogP contribution in [0.3, 0.4) is 0 Å². The molecule has 0 saturated carbocycles. The fraction of sp³-hybridized carbons (Fsp3) is 0.714. The number of aryl methyl sites for hydroxylation is 2. The van der Waals surface area contributed by atoms with E-state index in [-0.39, 0.29) is 11.9 Å². The summed E-state index contributed by atoms with van der Waals surface area (Å²) in [4.78, 5) is 18.4. The zero-order valence-corrected chi connectivity index (χ0v) is 13.1. The van der Waals surface area contributed by atoms with Gasteiger partial charge in [-0.2, -0.15) is 5.10 Å². The predicted molar refractivity (Wildman–Crippen MR) is 79.6 cm³/mol. The molecule has 1 unspecified atom stereocenters. The summed E-state index contributed by atoms with van der Waals surface area (Å²) in [5.41, 5.74) is 1.85. The molecule has 1 N–H and O–H groups in total. The van der Waals surface area contributed by atoms with E-state index in [1.807, 2.05) is 34.6 Å². The first kappa shape index (κ1) is 16.3. The molecule has 0 spiro atoms. The Morgan fingerprint density at radius 2 is 1.70 bits per heavy atom. The van der Waals surface area contributed by atoms with E-state index in [1.54, 1.807) is 4.90 Å².